The maximum absolute atomic E-state index is 13.8. The lowest BCUT2D eigenvalue weighted by Crippen LogP contribution is -2.45. The maximum atomic E-state index is 13.8. The van der Waals surface area contributed by atoms with Gasteiger partial charge in [0.05, 0.1) is 15.9 Å². The summed E-state index contributed by atoms with van der Waals surface area (Å²) in [7, 11) is 0. The Kier molecular flexibility index (Phi) is 5.64. The minimum Gasteiger partial charge on any atom is -0.349 e. The molecule has 1 saturated carbocycles. The van der Waals surface area contributed by atoms with E-state index in [2.05, 4.69) is 15.3 Å². The van der Waals surface area contributed by atoms with Gasteiger partial charge in [0.2, 0.25) is 0 Å². The number of rotatable bonds is 5. The third-order valence-electron chi connectivity index (χ3n) is 6.91. The van der Waals surface area contributed by atoms with E-state index in [1.165, 1.54) is 17.5 Å². The monoisotopic (exact) mass is 545 g/mol. The minimum absolute atomic E-state index is 0.0507. The van der Waals surface area contributed by atoms with Gasteiger partial charge < -0.3 is 10.2 Å². The summed E-state index contributed by atoms with van der Waals surface area (Å²) in [6.45, 7) is 3.90. The number of benzene rings is 1. The molecule has 1 aliphatic heterocycles. The number of imidazole rings is 1. The fourth-order valence-electron chi connectivity index (χ4n) is 5.23. The van der Waals surface area contributed by atoms with E-state index in [1.54, 1.807) is 10.3 Å². The number of fused-ring (bicyclic) bond motifs is 2. The predicted molar refractivity (Wildman–Crippen MR) is 134 cm³/mol. The van der Waals surface area contributed by atoms with E-state index in [1.807, 2.05) is 38.1 Å². The minimum atomic E-state index is -4.76. The van der Waals surface area contributed by atoms with Gasteiger partial charge in [0, 0.05) is 24.2 Å². The third-order valence-corrected chi connectivity index (χ3v) is 8.68. The Morgan fingerprint density at radius 3 is 2.76 bits per heavy atom. The van der Waals surface area contributed by atoms with Crippen molar-refractivity contribution in [2.75, 3.05) is 6.54 Å². The first-order valence-electron chi connectivity index (χ1n) is 11.8. The van der Waals surface area contributed by atoms with E-state index >= 15 is 0 Å². The van der Waals surface area contributed by atoms with Gasteiger partial charge >= 0.3 is 6.18 Å². The quantitative estimate of drug-likeness (QED) is 0.375. The molecule has 1 saturated heterocycles. The number of thiazole rings is 2. The molecule has 0 unspecified atom stereocenters. The van der Waals surface area contributed by atoms with Crippen molar-refractivity contribution >= 4 is 39.4 Å². The Hall–Kier alpha value is -3.25. The third kappa shape index (κ3) is 4.21. The second kappa shape index (κ2) is 8.66. The molecule has 1 aliphatic carbocycles. The van der Waals surface area contributed by atoms with E-state index in [-0.39, 0.29) is 29.5 Å². The molecule has 3 atom stereocenters. The number of aryl methyl sites for hydroxylation is 2. The first-order valence-corrected chi connectivity index (χ1v) is 13.5. The largest absolute Gasteiger partial charge is 0.435 e. The number of nitrogens with one attached hydrogen (secondary N) is 1. The van der Waals surface area contributed by atoms with Crippen LogP contribution in [-0.2, 0) is 6.18 Å². The van der Waals surface area contributed by atoms with Gasteiger partial charge in [-0.15, -0.1) is 22.7 Å². The molecule has 192 valence electrons. The summed E-state index contributed by atoms with van der Waals surface area (Å²) in [5.41, 5.74) is 0.628. The Morgan fingerprint density at radius 1 is 1.19 bits per heavy atom. The number of alkyl halides is 3. The molecule has 7 nitrogen and oxygen atoms in total. The van der Waals surface area contributed by atoms with Crippen molar-refractivity contribution in [1.29, 1.82) is 0 Å². The zero-order valence-electron chi connectivity index (χ0n) is 19.9. The lowest BCUT2D eigenvalue weighted by atomic mass is 10.1. The van der Waals surface area contributed by atoms with Crippen molar-refractivity contribution in [2.45, 2.75) is 44.9 Å². The predicted octanol–water partition coefficient (Wildman–Crippen LogP) is 5.19. The molecule has 2 aliphatic rings. The summed E-state index contributed by atoms with van der Waals surface area (Å²) >= 11 is 2.48. The Balaban J connectivity index is 1.25. The van der Waals surface area contributed by atoms with Crippen molar-refractivity contribution in [3.63, 3.8) is 0 Å². The molecular weight excluding hydrogens is 523 g/mol. The lowest BCUT2D eigenvalue weighted by Gasteiger charge is -2.27. The standard InChI is InChI=1S/C25H22F3N5O2S2/c1-12-4-3-5-14(8-12)20-18(30-13(2)37-20)23(35)33-16(9-15-10-17(15)33)11-29-22(34)19-21(25(26,27)28)31-24-32(19)6-7-36-24/h3-8,15-17H,9-11H2,1-2H3,(H,29,34)/t15-,16+,17+/m1/s1. The fourth-order valence-corrected chi connectivity index (χ4v) is 6.85. The number of carbonyl (C=O) groups excluding carboxylic acids is 2. The van der Waals surface area contributed by atoms with Crippen molar-refractivity contribution in [1.82, 2.24) is 24.6 Å². The van der Waals surface area contributed by atoms with Gasteiger partial charge in [-0.3, -0.25) is 14.0 Å². The smallest absolute Gasteiger partial charge is 0.349 e. The second-order valence-corrected chi connectivity index (χ2v) is 11.6. The molecule has 1 N–H and O–H groups in total. The van der Waals surface area contributed by atoms with Gasteiger partial charge in [0.25, 0.3) is 11.8 Å². The summed E-state index contributed by atoms with van der Waals surface area (Å²) in [6.07, 6.45) is -1.79. The highest BCUT2D eigenvalue weighted by Crippen LogP contribution is 2.49. The van der Waals surface area contributed by atoms with E-state index in [9.17, 15) is 22.8 Å². The molecule has 1 aromatic carbocycles. The normalized spacial score (nSPS) is 20.9. The number of aromatic nitrogens is 3. The number of hydrogen-bond donors (Lipinski definition) is 1. The van der Waals surface area contributed by atoms with Gasteiger partial charge in [0.15, 0.2) is 10.7 Å². The van der Waals surface area contributed by atoms with Crippen LogP contribution in [0.15, 0.2) is 35.8 Å². The van der Waals surface area contributed by atoms with Crippen LogP contribution in [0.3, 0.4) is 0 Å². The summed E-state index contributed by atoms with van der Waals surface area (Å²) in [5.74, 6) is -0.737. The van der Waals surface area contributed by atoms with Crippen LogP contribution in [0.25, 0.3) is 15.4 Å². The molecule has 3 aromatic heterocycles. The zero-order valence-corrected chi connectivity index (χ0v) is 21.5. The highest BCUT2D eigenvalue weighted by atomic mass is 32.1. The fraction of sp³-hybridized carbons (Fsp3) is 0.360. The Labute approximate surface area is 218 Å². The molecule has 37 heavy (non-hydrogen) atoms. The Morgan fingerprint density at radius 2 is 2.00 bits per heavy atom. The van der Waals surface area contributed by atoms with E-state index in [4.69, 9.17) is 0 Å². The lowest BCUT2D eigenvalue weighted by molar-refractivity contribution is -0.141. The van der Waals surface area contributed by atoms with Gasteiger partial charge in [-0.2, -0.15) is 13.2 Å². The average Bonchev–Trinajstić information content (AvgIpc) is 3.23. The highest BCUT2D eigenvalue weighted by Gasteiger charge is 2.54. The van der Waals surface area contributed by atoms with E-state index in [0.29, 0.717) is 18.0 Å². The van der Waals surface area contributed by atoms with E-state index < -0.39 is 23.5 Å². The molecule has 0 radical (unpaired) electrons. The van der Waals surface area contributed by atoms with Crippen LogP contribution in [0.5, 0.6) is 0 Å². The molecule has 2 fully saturated rings. The van der Waals surface area contributed by atoms with Crippen LogP contribution in [0.4, 0.5) is 13.2 Å². The van der Waals surface area contributed by atoms with Gasteiger partial charge in [-0.25, -0.2) is 9.97 Å². The summed E-state index contributed by atoms with van der Waals surface area (Å²) in [6, 6.07) is 7.63. The molecule has 12 heteroatoms. The SMILES string of the molecule is Cc1cccc(-c2sc(C)nc2C(=O)N2[C@H](CNC(=O)c3c(C(F)(F)F)nc4sccn34)C[C@@H]3C[C@@H]32)c1. The molecule has 0 bridgehead atoms. The van der Waals surface area contributed by atoms with Crippen molar-refractivity contribution < 1.29 is 22.8 Å². The Bertz CT molecular complexity index is 1540. The first kappa shape index (κ1) is 24.1. The van der Waals surface area contributed by atoms with Gasteiger partial charge in [-0.1, -0.05) is 29.8 Å². The van der Waals surface area contributed by atoms with Gasteiger partial charge in [-0.05, 0) is 38.2 Å². The van der Waals surface area contributed by atoms with Gasteiger partial charge in [0.1, 0.15) is 11.4 Å². The number of halogens is 3. The second-order valence-electron chi connectivity index (χ2n) is 9.52. The number of likely N-dealkylation sites (tertiary alicyclic amines) is 1. The van der Waals surface area contributed by atoms with Crippen LogP contribution in [0.1, 0.15) is 50.1 Å². The maximum Gasteiger partial charge on any atom is 0.435 e. The summed E-state index contributed by atoms with van der Waals surface area (Å²) in [5, 5.41) is 5.00. The molecule has 4 aromatic rings. The van der Waals surface area contributed by atoms with Crippen LogP contribution >= 0.6 is 22.7 Å². The van der Waals surface area contributed by atoms with Crippen LogP contribution in [0.2, 0.25) is 0 Å². The van der Waals surface area contributed by atoms with Crippen LogP contribution in [0, 0.1) is 19.8 Å². The number of carbonyl (C=O) groups is 2. The molecule has 4 heterocycles. The molecule has 6 rings (SSSR count). The first-order chi connectivity index (χ1) is 17.6. The van der Waals surface area contributed by atoms with Crippen molar-refractivity contribution in [3.8, 4) is 10.4 Å². The number of hydrogen-bond acceptors (Lipinski definition) is 6. The number of piperidine rings is 1. The van der Waals surface area contributed by atoms with Crippen molar-refractivity contribution in [3.05, 3.63) is 63.5 Å². The summed E-state index contributed by atoms with van der Waals surface area (Å²) in [4.78, 5) is 37.6. The highest BCUT2D eigenvalue weighted by molar-refractivity contribution is 7.15. The number of amides is 2. The number of nitrogens with zero attached hydrogens (tertiary/aromatic N) is 4. The van der Waals surface area contributed by atoms with Crippen molar-refractivity contribution in [2.24, 2.45) is 5.92 Å². The van der Waals surface area contributed by atoms with Crippen LogP contribution in [-0.4, -0.2) is 49.7 Å². The molecular formula is C25H22F3N5O2S2. The zero-order chi connectivity index (χ0) is 26.1. The molecule has 0 spiro atoms. The molecule has 2 amide bonds. The topological polar surface area (TPSA) is 79.6 Å². The van der Waals surface area contributed by atoms with E-state index in [0.717, 1.165) is 43.2 Å². The van der Waals surface area contributed by atoms with Crippen LogP contribution < -0.4 is 5.32 Å². The summed E-state index contributed by atoms with van der Waals surface area (Å²) < 4.78 is 41.9. The average molecular weight is 546 g/mol.